The first-order chi connectivity index (χ1) is 10.1. The third-order valence-electron chi connectivity index (χ3n) is 3.16. The van der Waals surface area contributed by atoms with Gasteiger partial charge in [0.2, 0.25) is 0 Å². The molecule has 1 atom stereocenters. The fourth-order valence-corrected chi connectivity index (χ4v) is 2.97. The lowest BCUT2D eigenvalue weighted by molar-refractivity contribution is 0.180. The topological polar surface area (TPSA) is 57.4 Å². The predicted molar refractivity (Wildman–Crippen MR) is 85.6 cm³/mol. The molecule has 0 saturated carbocycles. The summed E-state index contributed by atoms with van der Waals surface area (Å²) >= 11 is 1.59. The molecule has 114 valence electrons. The molecule has 2 N–H and O–H groups in total. The van der Waals surface area contributed by atoms with Crippen molar-refractivity contribution in [3.8, 4) is 5.75 Å². The molecule has 0 spiro atoms. The van der Waals surface area contributed by atoms with Gasteiger partial charge >= 0.3 is 0 Å². The molecular weight excluding hydrogens is 284 g/mol. The zero-order chi connectivity index (χ0) is 15.2. The van der Waals surface area contributed by atoms with Crippen molar-refractivity contribution in [2.45, 2.75) is 39.5 Å². The van der Waals surface area contributed by atoms with E-state index in [2.05, 4.69) is 24.0 Å². The molecule has 0 saturated heterocycles. The summed E-state index contributed by atoms with van der Waals surface area (Å²) in [6.45, 7) is 5.04. The van der Waals surface area contributed by atoms with E-state index in [1.807, 2.05) is 19.1 Å². The van der Waals surface area contributed by atoms with E-state index in [-0.39, 0.29) is 6.04 Å². The standard InChI is InChI=1S/C16H22N2O2S/c1-4-12-5-7-13(8-6-12)20-10-15-18-14(9-19-3)16(21-15)11(2)17/h5-8,11H,4,9-10,17H2,1-3H3. The summed E-state index contributed by atoms with van der Waals surface area (Å²) in [7, 11) is 1.66. The van der Waals surface area contributed by atoms with Crippen LogP contribution in [0.2, 0.25) is 0 Å². The molecule has 0 aliphatic heterocycles. The van der Waals surface area contributed by atoms with Gasteiger partial charge in [0.25, 0.3) is 0 Å². The molecule has 0 bridgehead atoms. The number of hydrogen-bond donors (Lipinski definition) is 1. The molecule has 21 heavy (non-hydrogen) atoms. The van der Waals surface area contributed by atoms with Gasteiger partial charge < -0.3 is 15.2 Å². The van der Waals surface area contributed by atoms with Crippen molar-refractivity contribution in [2.24, 2.45) is 5.73 Å². The van der Waals surface area contributed by atoms with Crippen LogP contribution in [0.1, 0.15) is 41.0 Å². The van der Waals surface area contributed by atoms with Crippen molar-refractivity contribution in [2.75, 3.05) is 7.11 Å². The van der Waals surface area contributed by atoms with E-state index in [0.717, 1.165) is 27.7 Å². The molecule has 5 heteroatoms. The lowest BCUT2D eigenvalue weighted by Gasteiger charge is -2.04. The average molecular weight is 306 g/mol. The normalized spacial score (nSPS) is 12.4. The zero-order valence-electron chi connectivity index (χ0n) is 12.8. The summed E-state index contributed by atoms with van der Waals surface area (Å²) in [5, 5.41) is 0.925. The van der Waals surface area contributed by atoms with Crippen LogP contribution in [-0.2, 0) is 24.4 Å². The summed E-state index contributed by atoms with van der Waals surface area (Å²) < 4.78 is 11.0. The fourth-order valence-electron chi connectivity index (χ4n) is 2.04. The largest absolute Gasteiger partial charge is 0.486 e. The predicted octanol–water partition coefficient (Wildman–Crippen LogP) is 3.45. The summed E-state index contributed by atoms with van der Waals surface area (Å²) in [5.41, 5.74) is 8.19. The number of benzene rings is 1. The maximum atomic E-state index is 5.97. The highest BCUT2D eigenvalue weighted by atomic mass is 32.1. The Morgan fingerprint density at radius 1 is 1.24 bits per heavy atom. The highest BCUT2D eigenvalue weighted by Gasteiger charge is 2.14. The SMILES string of the molecule is CCc1ccc(OCc2nc(COC)c(C(C)N)s2)cc1. The van der Waals surface area contributed by atoms with Gasteiger partial charge in [-0.15, -0.1) is 11.3 Å². The van der Waals surface area contributed by atoms with Crippen molar-refractivity contribution in [3.05, 3.63) is 45.4 Å². The molecule has 1 aromatic carbocycles. The molecule has 0 fully saturated rings. The highest BCUT2D eigenvalue weighted by Crippen LogP contribution is 2.26. The third-order valence-corrected chi connectivity index (χ3v) is 4.43. The molecule has 1 unspecified atom stereocenters. The van der Waals surface area contributed by atoms with Crippen LogP contribution in [0.4, 0.5) is 0 Å². The molecule has 0 aliphatic carbocycles. The smallest absolute Gasteiger partial charge is 0.140 e. The maximum Gasteiger partial charge on any atom is 0.140 e. The number of aryl methyl sites for hydroxylation is 1. The van der Waals surface area contributed by atoms with Crippen molar-refractivity contribution in [3.63, 3.8) is 0 Å². The number of rotatable bonds is 7. The van der Waals surface area contributed by atoms with Crippen LogP contribution in [0.15, 0.2) is 24.3 Å². The Balaban J connectivity index is 2.03. The number of aromatic nitrogens is 1. The van der Waals surface area contributed by atoms with Gasteiger partial charge in [-0.25, -0.2) is 4.98 Å². The maximum absolute atomic E-state index is 5.97. The fraction of sp³-hybridized carbons (Fsp3) is 0.438. The second-order valence-electron chi connectivity index (χ2n) is 4.93. The molecular formula is C16H22N2O2S. The minimum atomic E-state index is -0.0368. The van der Waals surface area contributed by atoms with E-state index in [1.54, 1.807) is 18.4 Å². The molecule has 2 rings (SSSR count). The van der Waals surface area contributed by atoms with Crippen molar-refractivity contribution in [1.82, 2.24) is 4.98 Å². The van der Waals surface area contributed by atoms with Gasteiger partial charge in [0.15, 0.2) is 0 Å². The molecule has 0 radical (unpaired) electrons. The van der Waals surface area contributed by atoms with E-state index >= 15 is 0 Å². The van der Waals surface area contributed by atoms with Crippen LogP contribution >= 0.6 is 11.3 Å². The minimum absolute atomic E-state index is 0.0368. The summed E-state index contributed by atoms with van der Waals surface area (Å²) in [6.07, 6.45) is 1.03. The number of nitrogens with two attached hydrogens (primary N) is 1. The lowest BCUT2D eigenvalue weighted by atomic mass is 10.2. The summed E-state index contributed by atoms with van der Waals surface area (Å²) in [6, 6.07) is 8.12. The van der Waals surface area contributed by atoms with Gasteiger partial charge in [-0.2, -0.15) is 0 Å². The monoisotopic (exact) mass is 306 g/mol. The van der Waals surface area contributed by atoms with Gasteiger partial charge in [-0.05, 0) is 31.0 Å². The van der Waals surface area contributed by atoms with Crippen LogP contribution in [-0.4, -0.2) is 12.1 Å². The Kier molecular flexibility index (Phi) is 5.73. The van der Waals surface area contributed by atoms with E-state index in [1.165, 1.54) is 5.56 Å². The zero-order valence-corrected chi connectivity index (χ0v) is 13.6. The van der Waals surface area contributed by atoms with E-state index in [0.29, 0.717) is 13.2 Å². The summed E-state index contributed by atoms with van der Waals surface area (Å²) in [5.74, 6) is 0.859. The van der Waals surface area contributed by atoms with E-state index in [9.17, 15) is 0 Å². The number of ether oxygens (including phenoxy) is 2. The number of methoxy groups -OCH3 is 1. The molecule has 2 aromatic rings. The quantitative estimate of drug-likeness (QED) is 0.851. The van der Waals surface area contributed by atoms with E-state index in [4.69, 9.17) is 15.2 Å². The lowest BCUT2D eigenvalue weighted by Crippen LogP contribution is -2.06. The summed E-state index contributed by atoms with van der Waals surface area (Å²) in [4.78, 5) is 5.62. The molecule has 1 heterocycles. The first-order valence-corrected chi connectivity index (χ1v) is 7.90. The molecule has 1 aromatic heterocycles. The number of nitrogens with zero attached hydrogens (tertiary/aromatic N) is 1. The average Bonchev–Trinajstić information content (AvgIpc) is 2.89. The van der Waals surface area contributed by atoms with Crippen molar-refractivity contribution in [1.29, 1.82) is 0 Å². The van der Waals surface area contributed by atoms with Crippen molar-refractivity contribution >= 4 is 11.3 Å². The second-order valence-corrected chi connectivity index (χ2v) is 6.04. The number of thiazole rings is 1. The first-order valence-electron chi connectivity index (χ1n) is 7.08. The first kappa shape index (κ1) is 15.9. The van der Waals surface area contributed by atoms with Gasteiger partial charge in [-0.3, -0.25) is 0 Å². The van der Waals surface area contributed by atoms with Crippen molar-refractivity contribution < 1.29 is 9.47 Å². The van der Waals surface area contributed by atoms with Gasteiger partial charge in [0, 0.05) is 18.0 Å². The van der Waals surface area contributed by atoms with E-state index < -0.39 is 0 Å². The molecule has 0 aliphatic rings. The van der Waals surface area contributed by atoms with Crippen LogP contribution < -0.4 is 10.5 Å². The Hall–Kier alpha value is -1.43. The Labute approximate surface area is 129 Å². The second kappa shape index (κ2) is 7.54. The van der Waals surface area contributed by atoms with Gasteiger partial charge in [0.1, 0.15) is 17.4 Å². The molecule has 4 nitrogen and oxygen atoms in total. The minimum Gasteiger partial charge on any atom is -0.486 e. The third kappa shape index (κ3) is 4.27. The number of hydrogen-bond acceptors (Lipinski definition) is 5. The molecule has 0 amide bonds. The van der Waals surface area contributed by atoms with Crippen LogP contribution in [0, 0.1) is 0 Å². The highest BCUT2D eigenvalue weighted by molar-refractivity contribution is 7.11. The Morgan fingerprint density at radius 3 is 2.52 bits per heavy atom. The van der Waals surface area contributed by atoms with Crippen LogP contribution in [0.25, 0.3) is 0 Å². The van der Waals surface area contributed by atoms with Gasteiger partial charge in [0.05, 0.1) is 12.3 Å². The van der Waals surface area contributed by atoms with Crippen LogP contribution in [0.5, 0.6) is 5.75 Å². The Bertz CT molecular complexity index is 564. The Morgan fingerprint density at radius 2 is 1.95 bits per heavy atom. The van der Waals surface area contributed by atoms with Crippen LogP contribution in [0.3, 0.4) is 0 Å². The van der Waals surface area contributed by atoms with Gasteiger partial charge in [-0.1, -0.05) is 19.1 Å².